The molecule has 1 heterocycles. The van der Waals surface area contributed by atoms with Crippen molar-refractivity contribution in [2.24, 2.45) is 0 Å². The molecule has 0 spiro atoms. The lowest BCUT2D eigenvalue weighted by Gasteiger charge is -2.26. The highest BCUT2D eigenvalue weighted by Gasteiger charge is 2.29. The van der Waals surface area contributed by atoms with Crippen molar-refractivity contribution in [3.8, 4) is 0 Å². The number of thioether (sulfide) groups is 1. The van der Waals surface area contributed by atoms with Crippen LogP contribution in [0.1, 0.15) is 26.2 Å². The summed E-state index contributed by atoms with van der Waals surface area (Å²) in [5.41, 5.74) is 0.0977. The van der Waals surface area contributed by atoms with Gasteiger partial charge in [-0.05, 0) is 44.6 Å². The molecule has 1 aromatic rings. The van der Waals surface area contributed by atoms with Crippen molar-refractivity contribution >= 4 is 23.5 Å². The molecule has 0 bridgehead atoms. The van der Waals surface area contributed by atoms with Crippen LogP contribution in [0.2, 0.25) is 0 Å². The van der Waals surface area contributed by atoms with E-state index in [2.05, 4.69) is 5.32 Å². The topological polar surface area (TPSA) is 52.6 Å². The molecule has 2 rings (SSSR count). The van der Waals surface area contributed by atoms with Gasteiger partial charge in [-0.2, -0.15) is 0 Å². The number of likely N-dealkylation sites (tertiary alicyclic amines) is 1. The first-order valence-electron chi connectivity index (χ1n) is 7.21. The first kappa shape index (κ1) is 17.0. The summed E-state index contributed by atoms with van der Waals surface area (Å²) >= 11 is 0.981. The highest BCUT2D eigenvalue weighted by molar-refractivity contribution is 7.98. The number of carbonyl (C=O) groups excluding carboxylic acids is 1. The molecule has 2 amide bonds. The lowest BCUT2D eigenvalue weighted by Crippen LogP contribution is -2.40. The first-order chi connectivity index (χ1) is 10.4. The number of anilines is 1. The summed E-state index contributed by atoms with van der Waals surface area (Å²) in [5.74, 6) is -1.38. The van der Waals surface area contributed by atoms with E-state index in [1.807, 2.05) is 0 Å². The van der Waals surface area contributed by atoms with Gasteiger partial charge in [-0.3, -0.25) is 0 Å². The van der Waals surface area contributed by atoms with E-state index >= 15 is 0 Å². The van der Waals surface area contributed by atoms with Gasteiger partial charge in [-0.15, -0.1) is 11.8 Å². The van der Waals surface area contributed by atoms with E-state index in [0.29, 0.717) is 13.0 Å². The van der Waals surface area contributed by atoms with Crippen molar-refractivity contribution in [3.05, 3.63) is 23.8 Å². The standard InChI is InChI=1S/C15H20F2N2O2S/c1-9(20)6-11-4-3-5-19(11)15(21)18-10-7-12(16)14(22-2)13(17)8-10/h7-9,11,20H,3-6H2,1-2H3,(H,18,21)/t9-,11+/m0/s1. The number of nitrogens with one attached hydrogen (secondary N) is 1. The van der Waals surface area contributed by atoms with Crippen LogP contribution < -0.4 is 5.32 Å². The summed E-state index contributed by atoms with van der Waals surface area (Å²) in [6, 6.07) is 1.80. The van der Waals surface area contributed by atoms with Crippen LogP contribution >= 0.6 is 11.8 Å². The maximum Gasteiger partial charge on any atom is 0.322 e. The summed E-state index contributed by atoms with van der Waals surface area (Å²) in [5, 5.41) is 12.0. The second-order valence-corrected chi connectivity index (χ2v) is 6.29. The molecule has 1 aliphatic rings. The van der Waals surface area contributed by atoms with Gasteiger partial charge in [0.05, 0.1) is 11.0 Å². The summed E-state index contributed by atoms with van der Waals surface area (Å²) < 4.78 is 27.5. The number of hydrogen-bond acceptors (Lipinski definition) is 3. The van der Waals surface area contributed by atoms with Crippen LogP contribution in [-0.4, -0.2) is 41.0 Å². The largest absolute Gasteiger partial charge is 0.393 e. The zero-order chi connectivity index (χ0) is 16.3. The Morgan fingerprint density at radius 2 is 2.14 bits per heavy atom. The second-order valence-electron chi connectivity index (χ2n) is 5.48. The number of rotatable bonds is 4. The van der Waals surface area contributed by atoms with Gasteiger partial charge in [0.1, 0.15) is 11.6 Å². The van der Waals surface area contributed by atoms with Crippen molar-refractivity contribution in [2.45, 2.75) is 43.2 Å². The van der Waals surface area contributed by atoms with Crippen LogP contribution in [0.25, 0.3) is 0 Å². The molecule has 0 radical (unpaired) electrons. The van der Waals surface area contributed by atoms with E-state index in [1.165, 1.54) is 0 Å². The summed E-state index contributed by atoms with van der Waals surface area (Å²) in [6.45, 7) is 2.26. The lowest BCUT2D eigenvalue weighted by molar-refractivity contribution is 0.142. The highest BCUT2D eigenvalue weighted by atomic mass is 32.2. The average Bonchev–Trinajstić information content (AvgIpc) is 2.85. The molecule has 1 aromatic carbocycles. The predicted molar refractivity (Wildman–Crippen MR) is 83.2 cm³/mol. The van der Waals surface area contributed by atoms with Crippen LogP contribution in [0.4, 0.5) is 19.3 Å². The van der Waals surface area contributed by atoms with Crippen LogP contribution in [0.5, 0.6) is 0 Å². The van der Waals surface area contributed by atoms with Crippen molar-refractivity contribution in [2.75, 3.05) is 18.1 Å². The molecule has 1 saturated heterocycles. The molecule has 1 fully saturated rings. The maximum atomic E-state index is 13.7. The molecule has 2 atom stereocenters. The Hall–Kier alpha value is -1.34. The second kappa shape index (κ2) is 7.28. The Morgan fingerprint density at radius 3 is 2.68 bits per heavy atom. The van der Waals surface area contributed by atoms with E-state index < -0.39 is 17.7 Å². The Morgan fingerprint density at radius 1 is 1.50 bits per heavy atom. The fourth-order valence-corrected chi connectivity index (χ4v) is 3.27. The number of amides is 2. The van der Waals surface area contributed by atoms with Gasteiger partial charge >= 0.3 is 6.03 Å². The summed E-state index contributed by atoms with van der Waals surface area (Å²) in [7, 11) is 0. The number of urea groups is 1. The minimum absolute atomic E-state index is 0.0415. The lowest BCUT2D eigenvalue weighted by atomic mass is 10.1. The Balaban J connectivity index is 2.08. The SMILES string of the molecule is CSc1c(F)cc(NC(=O)N2CCC[C@@H]2C[C@H](C)O)cc1F. The Bertz CT molecular complexity index is 531. The van der Waals surface area contributed by atoms with Gasteiger partial charge < -0.3 is 15.3 Å². The minimum atomic E-state index is -0.690. The monoisotopic (exact) mass is 330 g/mol. The fourth-order valence-electron chi connectivity index (χ4n) is 2.76. The highest BCUT2D eigenvalue weighted by Crippen LogP contribution is 2.27. The molecule has 2 N–H and O–H groups in total. The van der Waals surface area contributed by atoms with Gasteiger partial charge in [0, 0.05) is 18.3 Å². The quantitative estimate of drug-likeness (QED) is 0.832. The third-order valence-electron chi connectivity index (χ3n) is 3.70. The van der Waals surface area contributed by atoms with E-state index in [1.54, 1.807) is 18.1 Å². The van der Waals surface area contributed by atoms with E-state index in [4.69, 9.17) is 0 Å². The van der Waals surface area contributed by atoms with Crippen LogP contribution in [0.15, 0.2) is 17.0 Å². The molecular weight excluding hydrogens is 310 g/mol. The molecular formula is C15H20F2N2O2S. The number of benzene rings is 1. The number of nitrogens with zero attached hydrogens (tertiary/aromatic N) is 1. The molecule has 7 heteroatoms. The van der Waals surface area contributed by atoms with Crippen molar-refractivity contribution in [1.29, 1.82) is 0 Å². The zero-order valence-corrected chi connectivity index (χ0v) is 13.4. The molecule has 22 heavy (non-hydrogen) atoms. The molecule has 1 aliphatic heterocycles. The van der Waals surface area contributed by atoms with E-state index in [-0.39, 0.29) is 22.7 Å². The number of carbonyl (C=O) groups is 1. The minimum Gasteiger partial charge on any atom is -0.393 e. The Kier molecular flexibility index (Phi) is 5.63. The third kappa shape index (κ3) is 3.89. The van der Waals surface area contributed by atoms with Crippen LogP contribution in [-0.2, 0) is 0 Å². The van der Waals surface area contributed by atoms with Gasteiger partial charge in [0.15, 0.2) is 0 Å². The van der Waals surface area contributed by atoms with E-state index in [9.17, 15) is 18.7 Å². The van der Waals surface area contributed by atoms with E-state index in [0.717, 1.165) is 36.7 Å². The average molecular weight is 330 g/mol. The van der Waals surface area contributed by atoms with Crippen LogP contribution in [0.3, 0.4) is 0 Å². The van der Waals surface area contributed by atoms with Gasteiger partial charge in [0.25, 0.3) is 0 Å². The summed E-state index contributed by atoms with van der Waals surface area (Å²) in [6.07, 6.45) is 3.28. The third-order valence-corrected chi connectivity index (χ3v) is 4.50. The number of halogens is 2. The molecule has 0 aromatic heterocycles. The molecule has 4 nitrogen and oxygen atoms in total. The number of aliphatic hydroxyl groups excluding tert-OH is 1. The summed E-state index contributed by atoms with van der Waals surface area (Å²) in [4.78, 5) is 13.8. The predicted octanol–water partition coefficient (Wildman–Crippen LogP) is 3.45. The maximum absolute atomic E-state index is 13.7. The molecule has 0 unspecified atom stereocenters. The molecule has 0 aliphatic carbocycles. The van der Waals surface area contributed by atoms with Crippen molar-refractivity contribution in [1.82, 2.24) is 4.90 Å². The normalized spacial score (nSPS) is 19.3. The van der Waals surface area contributed by atoms with Crippen molar-refractivity contribution in [3.63, 3.8) is 0 Å². The Labute approximate surface area is 132 Å². The number of aliphatic hydroxyl groups is 1. The first-order valence-corrected chi connectivity index (χ1v) is 8.43. The molecule has 0 saturated carbocycles. The van der Waals surface area contributed by atoms with Gasteiger partial charge in [0.2, 0.25) is 0 Å². The van der Waals surface area contributed by atoms with Gasteiger partial charge in [-0.1, -0.05) is 0 Å². The van der Waals surface area contributed by atoms with Crippen LogP contribution in [0, 0.1) is 11.6 Å². The fraction of sp³-hybridized carbons (Fsp3) is 0.533. The van der Waals surface area contributed by atoms with Crippen molar-refractivity contribution < 1.29 is 18.7 Å². The smallest absolute Gasteiger partial charge is 0.322 e. The van der Waals surface area contributed by atoms with Gasteiger partial charge in [-0.25, -0.2) is 13.6 Å². The number of hydrogen-bond donors (Lipinski definition) is 2. The zero-order valence-electron chi connectivity index (χ0n) is 12.6. The molecule has 122 valence electrons.